The zero-order valence-electron chi connectivity index (χ0n) is 16.1. The summed E-state index contributed by atoms with van der Waals surface area (Å²) >= 11 is 0. The van der Waals surface area contributed by atoms with Gasteiger partial charge < -0.3 is 15.0 Å². The number of likely N-dealkylation sites (tertiary alicyclic amines) is 1. The Morgan fingerprint density at radius 2 is 1.71 bits per heavy atom. The number of methoxy groups -OCH3 is 1. The van der Waals surface area contributed by atoms with E-state index in [2.05, 4.69) is 24.4 Å². The minimum Gasteiger partial charge on any atom is -0.465 e. The molecule has 2 aliphatic heterocycles. The number of nitrogens with one attached hydrogen (secondary N) is 1. The highest BCUT2D eigenvalue weighted by atomic mass is 35.5. The number of esters is 1. The third-order valence-electron chi connectivity index (χ3n) is 5.89. The molecule has 4 rings (SSSR count). The molecule has 2 fully saturated rings. The molecule has 2 saturated heterocycles. The second-order valence-electron chi connectivity index (χ2n) is 7.41. The van der Waals surface area contributed by atoms with Gasteiger partial charge in [0, 0.05) is 31.1 Å². The fraction of sp³-hybridized carbons (Fsp3) is 0.364. The Balaban J connectivity index is 0.00000225. The topological polar surface area (TPSA) is 58.6 Å². The fourth-order valence-corrected chi connectivity index (χ4v) is 4.48. The maximum absolute atomic E-state index is 13.3. The Morgan fingerprint density at radius 1 is 1.04 bits per heavy atom. The van der Waals surface area contributed by atoms with Crippen LogP contribution in [0.3, 0.4) is 0 Å². The van der Waals surface area contributed by atoms with Crippen molar-refractivity contribution < 1.29 is 14.3 Å². The summed E-state index contributed by atoms with van der Waals surface area (Å²) in [7, 11) is 1.35. The van der Waals surface area contributed by atoms with Crippen molar-refractivity contribution in [3.8, 4) is 0 Å². The van der Waals surface area contributed by atoms with Crippen LogP contribution in [-0.4, -0.2) is 43.5 Å². The van der Waals surface area contributed by atoms with Gasteiger partial charge in [-0.3, -0.25) is 4.79 Å². The van der Waals surface area contributed by atoms with Gasteiger partial charge in [-0.1, -0.05) is 24.3 Å². The van der Waals surface area contributed by atoms with E-state index in [-0.39, 0.29) is 24.4 Å². The van der Waals surface area contributed by atoms with Crippen LogP contribution in [0.4, 0.5) is 0 Å². The van der Waals surface area contributed by atoms with Gasteiger partial charge in [-0.15, -0.1) is 12.4 Å². The molecule has 5 nitrogen and oxygen atoms in total. The molecule has 2 aromatic carbocycles. The highest BCUT2D eigenvalue weighted by Crippen LogP contribution is 2.44. The molecule has 28 heavy (non-hydrogen) atoms. The Morgan fingerprint density at radius 3 is 2.39 bits per heavy atom. The van der Waals surface area contributed by atoms with Crippen LogP contribution in [0.25, 0.3) is 0 Å². The molecule has 1 N–H and O–H groups in total. The van der Waals surface area contributed by atoms with Crippen molar-refractivity contribution >= 4 is 24.3 Å². The molecular weight excluding hydrogens is 376 g/mol. The maximum atomic E-state index is 13.3. The minimum atomic E-state index is -0.395. The van der Waals surface area contributed by atoms with Gasteiger partial charge in [0.15, 0.2) is 0 Å². The first-order valence-corrected chi connectivity index (χ1v) is 9.35. The molecule has 2 heterocycles. The summed E-state index contributed by atoms with van der Waals surface area (Å²) in [6.07, 6.45) is 0. The summed E-state index contributed by atoms with van der Waals surface area (Å²) in [5.41, 5.74) is 3.50. The van der Waals surface area contributed by atoms with Gasteiger partial charge in [-0.2, -0.15) is 0 Å². The summed E-state index contributed by atoms with van der Waals surface area (Å²) < 4.78 is 4.73. The van der Waals surface area contributed by atoms with Crippen molar-refractivity contribution in [3.05, 3.63) is 70.8 Å². The number of nitrogens with zero attached hydrogens (tertiary/aromatic N) is 1. The molecule has 6 heteroatoms. The second-order valence-corrected chi connectivity index (χ2v) is 7.41. The Kier molecular flexibility index (Phi) is 6.06. The van der Waals surface area contributed by atoms with Crippen molar-refractivity contribution in [1.82, 2.24) is 10.2 Å². The molecule has 1 amide bonds. The zero-order valence-corrected chi connectivity index (χ0v) is 16.9. The second kappa shape index (κ2) is 8.33. The average Bonchev–Trinajstić information content (AvgIpc) is 3.29. The first kappa shape index (κ1) is 20.4. The van der Waals surface area contributed by atoms with Crippen LogP contribution in [0.1, 0.15) is 37.9 Å². The first-order chi connectivity index (χ1) is 13.1. The minimum absolute atomic E-state index is 0. The van der Waals surface area contributed by atoms with E-state index in [1.54, 1.807) is 24.3 Å². The van der Waals surface area contributed by atoms with Gasteiger partial charge in [-0.05, 0) is 48.2 Å². The molecule has 0 spiro atoms. The number of benzene rings is 2. The van der Waals surface area contributed by atoms with E-state index in [1.165, 1.54) is 18.2 Å². The van der Waals surface area contributed by atoms with E-state index in [9.17, 15) is 9.59 Å². The fourth-order valence-electron chi connectivity index (χ4n) is 4.48. The molecule has 0 saturated carbocycles. The number of halogens is 1. The predicted molar refractivity (Wildman–Crippen MR) is 110 cm³/mol. The van der Waals surface area contributed by atoms with Gasteiger partial charge in [0.2, 0.25) is 0 Å². The van der Waals surface area contributed by atoms with Crippen LogP contribution in [0.5, 0.6) is 0 Å². The summed E-state index contributed by atoms with van der Waals surface area (Å²) in [6.45, 7) is 4.76. The monoisotopic (exact) mass is 400 g/mol. The van der Waals surface area contributed by atoms with Crippen molar-refractivity contribution in [2.45, 2.75) is 13.0 Å². The van der Waals surface area contributed by atoms with Crippen molar-refractivity contribution in [2.24, 2.45) is 11.8 Å². The van der Waals surface area contributed by atoms with Crippen LogP contribution in [0.2, 0.25) is 0 Å². The number of carbonyl (C=O) groups excluding carboxylic acids is 2. The van der Waals surface area contributed by atoms with E-state index in [0.29, 0.717) is 23.0 Å². The summed E-state index contributed by atoms with van der Waals surface area (Å²) in [4.78, 5) is 27.0. The SMILES string of the molecule is COC(=O)c1ccc(C(=O)N2C[C@@H]3CNC[C@@H]3[C@@H]2c2ccccc2C)cc1.Cl. The largest absolute Gasteiger partial charge is 0.465 e. The van der Waals surface area contributed by atoms with Gasteiger partial charge in [0.05, 0.1) is 18.7 Å². The van der Waals surface area contributed by atoms with Crippen molar-refractivity contribution in [3.63, 3.8) is 0 Å². The standard InChI is InChI=1S/C22H24N2O3.ClH/c1-14-5-3-4-6-18(14)20-19-12-23-11-17(19)13-24(20)21(25)15-7-9-16(10-8-15)22(26)27-2;/h3-10,17,19-20,23H,11-13H2,1-2H3;1H/t17-,19-,20-;/m0./s1. The van der Waals surface area contributed by atoms with Gasteiger partial charge in [0.1, 0.15) is 0 Å². The molecule has 3 atom stereocenters. The number of carbonyl (C=O) groups is 2. The highest BCUT2D eigenvalue weighted by molar-refractivity contribution is 5.96. The van der Waals surface area contributed by atoms with Gasteiger partial charge >= 0.3 is 5.97 Å². The van der Waals surface area contributed by atoms with Crippen LogP contribution in [0.15, 0.2) is 48.5 Å². The van der Waals surface area contributed by atoms with E-state index >= 15 is 0 Å². The zero-order chi connectivity index (χ0) is 19.0. The predicted octanol–water partition coefficient (Wildman–Crippen LogP) is 3.24. The van der Waals surface area contributed by atoms with Crippen LogP contribution < -0.4 is 5.32 Å². The molecule has 0 bridgehead atoms. The smallest absolute Gasteiger partial charge is 0.337 e. The van der Waals surface area contributed by atoms with Crippen molar-refractivity contribution in [2.75, 3.05) is 26.7 Å². The van der Waals surface area contributed by atoms with Crippen molar-refractivity contribution in [1.29, 1.82) is 0 Å². The lowest BCUT2D eigenvalue weighted by Crippen LogP contribution is -2.35. The van der Waals surface area contributed by atoms with Crippen LogP contribution in [-0.2, 0) is 4.74 Å². The molecule has 0 radical (unpaired) electrons. The maximum Gasteiger partial charge on any atom is 0.337 e. The molecule has 0 aromatic heterocycles. The molecule has 0 aliphatic carbocycles. The molecule has 2 aliphatic rings. The quantitative estimate of drug-likeness (QED) is 0.803. The summed E-state index contributed by atoms with van der Waals surface area (Å²) in [5, 5.41) is 3.48. The number of amides is 1. The molecular formula is C22H25ClN2O3. The van der Waals surface area contributed by atoms with Gasteiger partial charge in [0.25, 0.3) is 5.91 Å². The Bertz CT molecular complexity index is 868. The lowest BCUT2D eigenvalue weighted by Gasteiger charge is -2.29. The van der Waals surface area contributed by atoms with Gasteiger partial charge in [-0.25, -0.2) is 4.79 Å². The van der Waals surface area contributed by atoms with Crippen LogP contribution in [0, 0.1) is 18.8 Å². The number of fused-ring (bicyclic) bond motifs is 1. The van der Waals surface area contributed by atoms with E-state index in [0.717, 1.165) is 19.6 Å². The lowest BCUT2D eigenvalue weighted by atomic mass is 9.87. The van der Waals surface area contributed by atoms with E-state index < -0.39 is 5.97 Å². The number of aryl methyl sites for hydroxylation is 1. The third-order valence-corrected chi connectivity index (χ3v) is 5.89. The van der Waals surface area contributed by atoms with Crippen LogP contribution >= 0.6 is 12.4 Å². The highest BCUT2D eigenvalue weighted by Gasteiger charge is 2.47. The van der Waals surface area contributed by atoms with E-state index in [1.807, 2.05) is 17.0 Å². The number of rotatable bonds is 3. The summed E-state index contributed by atoms with van der Waals surface area (Å²) in [5.74, 6) is 0.542. The number of hydrogen-bond donors (Lipinski definition) is 1. The lowest BCUT2D eigenvalue weighted by molar-refractivity contribution is 0.0599. The summed E-state index contributed by atoms with van der Waals surface area (Å²) in [6, 6.07) is 15.2. The van der Waals surface area contributed by atoms with E-state index in [4.69, 9.17) is 4.74 Å². The molecule has 148 valence electrons. The number of hydrogen-bond acceptors (Lipinski definition) is 4. The average molecular weight is 401 g/mol. The Labute approximate surface area is 171 Å². The first-order valence-electron chi connectivity index (χ1n) is 9.35. The third kappa shape index (κ3) is 3.52. The normalized spacial score (nSPS) is 23.1. The Hall–Kier alpha value is -2.37. The molecule has 2 aromatic rings. The molecule has 0 unspecified atom stereocenters. The number of ether oxygens (including phenoxy) is 1.